The standard InChI is InChI=1S/C27H32N4/c1-19-5-7-22(8-6-19)27(3,4)23-9-11-24(12-10-23)30-14-13-25-21(18-30)15-28-26(29-25)31-16-20(2)17-31/h5-12,15,20H,13-14,16-18H2,1-4H3. The van der Waals surface area contributed by atoms with Gasteiger partial charge in [0.1, 0.15) is 0 Å². The van der Waals surface area contributed by atoms with Gasteiger partial charge in [-0.3, -0.25) is 0 Å². The summed E-state index contributed by atoms with van der Waals surface area (Å²) >= 11 is 0. The predicted octanol–water partition coefficient (Wildman–Crippen LogP) is 5.13. The van der Waals surface area contributed by atoms with Crippen LogP contribution in [0.5, 0.6) is 0 Å². The fourth-order valence-electron chi connectivity index (χ4n) is 4.77. The van der Waals surface area contributed by atoms with Crippen LogP contribution in [0.2, 0.25) is 0 Å². The van der Waals surface area contributed by atoms with E-state index in [0.29, 0.717) is 0 Å². The monoisotopic (exact) mass is 412 g/mol. The normalized spacial score (nSPS) is 16.8. The molecule has 5 rings (SSSR count). The summed E-state index contributed by atoms with van der Waals surface area (Å²) in [5, 5.41) is 0. The van der Waals surface area contributed by atoms with Gasteiger partial charge >= 0.3 is 0 Å². The van der Waals surface area contributed by atoms with Crippen LogP contribution >= 0.6 is 0 Å². The number of aromatic nitrogens is 2. The summed E-state index contributed by atoms with van der Waals surface area (Å²) < 4.78 is 0. The summed E-state index contributed by atoms with van der Waals surface area (Å²) in [7, 11) is 0. The van der Waals surface area contributed by atoms with Gasteiger partial charge in [0.25, 0.3) is 0 Å². The maximum atomic E-state index is 4.87. The van der Waals surface area contributed by atoms with Crippen molar-refractivity contribution in [1.29, 1.82) is 0 Å². The van der Waals surface area contributed by atoms with Crippen LogP contribution in [-0.2, 0) is 18.4 Å². The second-order valence-corrected chi connectivity index (χ2v) is 9.86. The van der Waals surface area contributed by atoms with Crippen molar-refractivity contribution in [3.63, 3.8) is 0 Å². The SMILES string of the molecule is Cc1ccc(C(C)(C)c2ccc(N3CCc4nc(N5CC(C)C5)ncc4C3)cc2)cc1. The zero-order valence-corrected chi connectivity index (χ0v) is 19.1. The fraction of sp³-hybridized carbons (Fsp3) is 0.407. The van der Waals surface area contributed by atoms with Gasteiger partial charge < -0.3 is 9.80 Å². The van der Waals surface area contributed by atoms with Crippen molar-refractivity contribution in [3.8, 4) is 0 Å². The first kappa shape index (κ1) is 20.0. The third kappa shape index (κ3) is 3.80. The van der Waals surface area contributed by atoms with Crippen LogP contribution in [0.15, 0.2) is 54.7 Å². The van der Waals surface area contributed by atoms with Gasteiger partial charge in [-0.05, 0) is 36.1 Å². The number of hydrogen-bond acceptors (Lipinski definition) is 4. The lowest BCUT2D eigenvalue weighted by atomic mass is 9.78. The Kier molecular flexibility index (Phi) is 4.96. The zero-order chi connectivity index (χ0) is 21.6. The molecule has 0 unspecified atom stereocenters. The summed E-state index contributed by atoms with van der Waals surface area (Å²) in [6.45, 7) is 13.1. The van der Waals surface area contributed by atoms with E-state index in [9.17, 15) is 0 Å². The minimum Gasteiger partial charge on any atom is -0.367 e. The number of benzene rings is 2. The van der Waals surface area contributed by atoms with Crippen molar-refractivity contribution < 1.29 is 0 Å². The number of aryl methyl sites for hydroxylation is 1. The molecule has 0 saturated carbocycles. The molecule has 0 amide bonds. The molecule has 2 aliphatic rings. The quantitative estimate of drug-likeness (QED) is 0.595. The van der Waals surface area contributed by atoms with Crippen molar-refractivity contribution in [3.05, 3.63) is 82.7 Å². The van der Waals surface area contributed by atoms with Crippen LogP contribution < -0.4 is 9.80 Å². The summed E-state index contributed by atoms with van der Waals surface area (Å²) in [5.74, 6) is 1.67. The van der Waals surface area contributed by atoms with E-state index in [0.717, 1.165) is 44.5 Å². The molecule has 1 fully saturated rings. The minimum absolute atomic E-state index is 0.0146. The third-order valence-electron chi connectivity index (χ3n) is 7.00. The largest absolute Gasteiger partial charge is 0.367 e. The second kappa shape index (κ2) is 7.67. The zero-order valence-electron chi connectivity index (χ0n) is 19.1. The Hall–Kier alpha value is -2.88. The number of hydrogen-bond donors (Lipinski definition) is 0. The highest BCUT2D eigenvalue weighted by Gasteiger charge is 2.27. The van der Waals surface area contributed by atoms with E-state index in [-0.39, 0.29) is 5.41 Å². The Labute approximate surface area is 186 Å². The third-order valence-corrected chi connectivity index (χ3v) is 7.00. The predicted molar refractivity (Wildman–Crippen MR) is 128 cm³/mol. The van der Waals surface area contributed by atoms with Crippen molar-refractivity contribution in [2.45, 2.75) is 46.1 Å². The van der Waals surface area contributed by atoms with Crippen LogP contribution in [0, 0.1) is 12.8 Å². The molecule has 3 aromatic rings. The molecule has 3 heterocycles. The van der Waals surface area contributed by atoms with E-state index in [1.807, 2.05) is 6.20 Å². The summed E-state index contributed by atoms with van der Waals surface area (Å²) in [6.07, 6.45) is 3.02. The number of rotatable bonds is 4. The van der Waals surface area contributed by atoms with E-state index in [2.05, 4.69) is 91.0 Å². The Balaban J connectivity index is 1.31. The van der Waals surface area contributed by atoms with Crippen molar-refractivity contribution in [1.82, 2.24) is 9.97 Å². The number of fused-ring (bicyclic) bond motifs is 1. The van der Waals surface area contributed by atoms with Gasteiger partial charge in [0.2, 0.25) is 5.95 Å². The first-order chi connectivity index (χ1) is 14.9. The smallest absolute Gasteiger partial charge is 0.225 e. The molecule has 160 valence electrons. The molecule has 0 aliphatic carbocycles. The first-order valence-corrected chi connectivity index (χ1v) is 11.4. The summed E-state index contributed by atoms with van der Waals surface area (Å²) in [6, 6.07) is 18.0. The van der Waals surface area contributed by atoms with Gasteiger partial charge in [-0.25, -0.2) is 9.97 Å². The number of nitrogens with zero attached hydrogens (tertiary/aromatic N) is 4. The lowest BCUT2D eigenvalue weighted by Gasteiger charge is -2.38. The molecule has 0 N–H and O–H groups in total. The van der Waals surface area contributed by atoms with Gasteiger partial charge in [-0.2, -0.15) is 0 Å². The van der Waals surface area contributed by atoms with E-state index >= 15 is 0 Å². The molecule has 2 aromatic carbocycles. The highest BCUT2D eigenvalue weighted by Crippen LogP contribution is 2.33. The van der Waals surface area contributed by atoms with Gasteiger partial charge in [0.05, 0.1) is 5.69 Å². The van der Waals surface area contributed by atoms with Crippen LogP contribution in [0.4, 0.5) is 11.6 Å². The molecule has 31 heavy (non-hydrogen) atoms. The molecule has 1 aromatic heterocycles. The molecule has 4 nitrogen and oxygen atoms in total. The van der Waals surface area contributed by atoms with Crippen LogP contribution in [0.1, 0.15) is 48.7 Å². The molecular weight excluding hydrogens is 380 g/mol. The summed E-state index contributed by atoms with van der Waals surface area (Å²) in [5.41, 5.74) is 7.73. The Morgan fingerprint density at radius 1 is 0.903 bits per heavy atom. The van der Waals surface area contributed by atoms with Gasteiger partial charge in [-0.1, -0.05) is 62.7 Å². The minimum atomic E-state index is -0.0146. The molecule has 0 spiro atoms. The van der Waals surface area contributed by atoms with E-state index in [1.165, 1.54) is 33.6 Å². The number of anilines is 2. The molecule has 0 radical (unpaired) electrons. The van der Waals surface area contributed by atoms with Crippen molar-refractivity contribution >= 4 is 11.6 Å². The van der Waals surface area contributed by atoms with Gasteiger partial charge in [-0.15, -0.1) is 0 Å². The first-order valence-electron chi connectivity index (χ1n) is 11.4. The molecule has 0 bridgehead atoms. The average Bonchev–Trinajstić information content (AvgIpc) is 2.77. The maximum Gasteiger partial charge on any atom is 0.225 e. The van der Waals surface area contributed by atoms with E-state index in [1.54, 1.807) is 0 Å². The van der Waals surface area contributed by atoms with Gasteiger partial charge in [0, 0.05) is 55.5 Å². The topological polar surface area (TPSA) is 32.3 Å². The average molecular weight is 413 g/mol. The van der Waals surface area contributed by atoms with Crippen LogP contribution in [0.3, 0.4) is 0 Å². The summed E-state index contributed by atoms with van der Waals surface area (Å²) in [4.78, 5) is 14.3. The maximum absolute atomic E-state index is 4.87. The second-order valence-electron chi connectivity index (χ2n) is 9.86. The fourth-order valence-corrected chi connectivity index (χ4v) is 4.77. The van der Waals surface area contributed by atoms with Crippen LogP contribution in [0.25, 0.3) is 0 Å². The van der Waals surface area contributed by atoms with E-state index < -0.39 is 0 Å². The molecule has 2 aliphatic heterocycles. The highest BCUT2D eigenvalue weighted by molar-refractivity contribution is 5.52. The van der Waals surface area contributed by atoms with Crippen LogP contribution in [-0.4, -0.2) is 29.6 Å². The van der Waals surface area contributed by atoms with Crippen molar-refractivity contribution in [2.24, 2.45) is 5.92 Å². The highest BCUT2D eigenvalue weighted by atomic mass is 15.3. The Bertz CT molecular complexity index is 1060. The van der Waals surface area contributed by atoms with Gasteiger partial charge in [0.15, 0.2) is 0 Å². The Morgan fingerprint density at radius 2 is 1.55 bits per heavy atom. The molecule has 1 saturated heterocycles. The molecule has 4 heteroatoms. The lowest BCUT2D eigenvalue weighted by Crippen LogP contribution is -2.46. The lowest BCUT2D eigenvalue weighted by molar-refractivity contribution is 0.438. The Morgan fingerprint density at radius 3 is 2.19 bits per heavy atom. The van der Waals surface area contributed by atoms with Crippen molar-refractivity contribution in [2.75, 3.05) is 29.4 Å². The molecule has 0 atom stereocenters. The van der Waals surface area contributed by atoms with E-state index in [4.69, 9.17) is 4.98 Å². The molecular formula is C27H32N4.